The molecule has 0 atom stereocenters. The van der Waals surface area contributed by atoms with Crippen molar-refractivity contribution in [2.24, 2.45) is 0 Å². The van der Waals surface area contributed by atoms with Gasteiger partial charge in [0.25, 0.3) is 0 Å². The first-order chi connectivity index (χ1) is 8.69. The highest BCUT2D eigenvalue weighted by Crippen LogP contribution is 2.22. The average Bonchev–Trinajstić information content (AvgIpc) is 2.73. The summed E-state index contributed by atoms with van der Waals surface area (Å²) >= 11 is 5.77. The normalized spacial score (nSPS) is 11.3. The number of halogens is 3. The number of alkyl halides is 1. The summed E-state index contributed by atoms with van der Waals surface area (Å²) in [6.07, 6.45) is 0. The summed E-state index contributed by atoms with van der Waals surface area (Å²) in [6.45, 7) is 3.24. The number of aromatic nitrogens is 2. The van der Waals surface area contributed by atoms with Gasteiger partial charge in [-0.3, -0.25) is 0 Å². The topological polar surface area (TPSA) is 27.1 Å². The summed E-state index contributed by atoms with van der Waals surface area (Å²) in [5.41, 5.74) is 0.548. The molecule has 0 amide bonds. The van der Waals surface area contributed by atoms with Crippen molar-refractivity contribution >= 4 is 22.6 Å². The first-order valence-electron chi connectivity index (χ1n) is 5.65. The zero-order valence-electron chi connectivity index (χ0n) is 9.92. The van der Waals surface area contributed by atoms with Gasteiger partial charge in [-0.2, -0.15) is 0 Å². The Kier molecular flexibility index (Phi) is 4.14. The molecule has 0 N–H and O–H groups in total. The molecule has 0 bridgehead atoms. The highest BCUT2D eigenvalue weighted by Gasteiger charge is 2.16. The Balaban J connectivity index is 2.49. The smallest absolute Gasteiger partial charge is 0.184 e. The maximum atomic E-state index is 13.8. The number of hydrogen-bond donors (Lipinski definition) is 0. The van der Waals surface area contributed by atoms with Crippen molar-refractivity contribution in [3.63, 3.8) is 0 Å². The summed E-state index contributed by atoms with van der Waals surface area (Å²) in [5, 5.41) is 0. The zero-order valence-corrected chi connectivity index (χ0v) is 10.7. The third-order valence-electron chi connectivity index (χ3n) is 2.66. The Morgan fingerprint density at radius 1 is 1.39 bits per heavy atom. The fourth-order valence-electron chi connectivity index (χ4n) is 1.85. The lowest BCUT2D eigenvalue weighted by Gasteiger charge is -2.08. The van der Waals surface area contributed by atoms with Crippen LogP contribution in [0.5, 0.6) is 0 Å². The molecular formula is C12H13ClF2N2O. The van der Waals surface area contributed by atoms with Gasteiger partial charge in [-0.05, 0) is 19.1 Å². The minimum atomic E-state index is -0.895. The van der Waals surface area contributed by atoms with E-state index in [4.69, 9.17) is 16.3 Å². The summed E-state index contributed by atoms with van der Waals surface area (Å²) in [5.74, 6) is -1.13. The Hall–Kier alpha value is -1.20. The second-order valence-corrected chi connectivity index (χ2v) is 4.01. The van der Waals surface area contributed by atoms with Crippen LogP contribution in [-0.4, -0.2) is 22.8 Å². The Morgan fingerprint density at radius 3 is 2.83 bits per heavy atom. The van der Waals surface area contributed by atoms with E-state index >= 15 is 0 Å². The zero-order chi connectivity index (χ0) is 13.1. The standard InChI is InChI=1S/C12H13ClF2N2O/c1-2-18-6-5-17-10(7-13)16-9-4-3-8(14)11(15)12(9)17/h3-4H,2,5-7H2,1H3. The molecule has 0 aliphatic rings. The summed E-state index contributed by atoms with van der Waals surface area (Å²) in [4.78, 5) is 4.18. The first-order valence-corrected chi connectivity index (χ1v) is 6.19. The molecule has 3 nitrogen and oxygen atoms in total. The summed E-state index contributed by atoms with van der Waals surface area (Å²) < 4.78 is 33.8. The second-order valence-electron chi connectivity index (χ2n) is 3.74. The molecule has 0 unspecified atom stereocenters. The van der Waals surface area contributed by atoms with Crippen molar-refractivity contribution in [2.45, 2.75) is 19.3 Å². The van der Waals surface area contributed by atoms with Gasteiger partial charge in [0.1, 0.15) is 11.3 Å². The van der Waals surface area contributed by atoms with Gasteiger partial charge in [0.15, 0.2) is 11.6 Å². The van der Waals surface area contributed by atoms with Gasteiger partial charge in [0, 0.05) is 13.2 Å². The minimum absolute atomic E-state index is 0.141. The van der Waals surface area contributed by atoms with E-state index in [0.717, 1.165) is 6.07 Å². The van der Waals surface area contributed by atoms with Gasteiger partial charge in [0.2, 0.25) is 0 Å². The number of fused-ring (bicyclic) bond motifs is 1. The van der Waals surface area contributed by atoms with Crippen molar-refractivity contribution < 1.29 is 13.5 Å². The fraction of sp³-hybridized carbons (Fsp3) is 0.417. The molecule has 1 aromatic carbocycles. The van der Waals surface area contributed by atoms with Crippen LogP contribution in [0, 0.1) is 11.6 Å². The molecule has 0 spiro atoms. The number of benzene rings is 1. The number of hydrogen-bond acceptors (Lipinski definition) is 2. The number of rotatable bonds is 5. The van der Waals surface area contributed by atoms with Crippen molar-refractivity contribution in [3.05, 3.63) is 29.6 Å². The molecule has 0 radical (unpaired) electrons. The minimum Gasteiger partial charge on any atom is -0.380 e. The number of ether oxygens (including phenoxy) is 1. The van der Waals surface area contributed by atoms with Crippen LogP contribution in [0.2, 0.25) is 0 Å². The SMILES string of the molecule is CCOCCn1c(CCl)nc2ccc(F)c(F)c21. The maximum Gasteiger partial charge on any atom is 0.184 e. The fourth-order valence-corrected chi connectivity index (χ4v) is 2.05. The van der Waals surface area contributed by atoms with Gasteiger partial charge in [-0.15, -0.1) is 11.6 Å². The largest absolute Gasteiger partial charge is 0.380 e. The lowest BCUT2D eigenvalue weighted by Crippen LogP contribution is -2.09. The average molecular weight is 275 g/mol. The van der Waals surface area contributed by atoms with Gasteiger partial charge in [0.05, 0.1) is 18.0 Å². The molecule has 6 heteroatoms. The van der Waals surface area contributed by atoms with Crippen LogP contribution in [0.4, 0.5) is 8.78 Å². The highest BCUT2D eigenvalue weighted by molar-refractivity contribution is 6.16. The molecule has 0 saturated heterocycles. The van der Waals surface area contributed by atoms with Crippen LogP contribution < -0.4 is 0 Å². The Labute approximate surface area is 108 Å². The van der Waals surface area contributed by atoms with Gasteiger partial charge in [-0.25, -0.2) is 13.8 Å². The molecule has 2 rings (SSSR count). The van der Waals surface area contributed by atoms with E-state index in [-0.39, 0.29) is 11.4 Å². The van der Waals surface area contributed by atoms with E-state index < -0.39 is 11.6 Å². The summed E-state index contributed by atoms with van der Waals surface area (Å²) in [6, 6.07) is 2.51. The van der Waals surface area contributed by atoms with Crippen molar-refractivity contribution in [2.75, 3.05) is 13.2 Å². The van der Waals surface area contributed by atoms with Crippen LogP contribution in [0.3, 0.4) is 0 Å². The lowest BCUT2D eigenvalue weighted by atomic mass is 10.3. The van der Waals surface area contributed by atoms with E-state index in [0.29, 0.717) is 31.1 Å². The molecule has 1 heterocycles. The molecule has 0 saturated carbocycles. The van der Waals surface area contributed by atoms with Crippen LogP contribution >= 0.6 is 11.6 Å². The van der Waals surface area contributed by atoms with E-state index in [1.54, 1.807) is 4.57 Å². The molecule has 0 aliphatic heterocycles. The highest BCUT2D eigenvalue weighted by atomic mass is 35.5. The Bertz CT molecular complexity index is 556. The first kappa shape index (κ1) is 13.2. The van der Waals surface area contributed by atoms with Gasteiger partial charge < -0.3 is 9.30 Å². The van der Waals surface area contributed by atoms with E-state index in [2.05, 4.69) is 4.98 Å². The van der Waals surface area contributed by atoms with Crippen molar-refractivity contribution in [1.29, 1.82) is 0 Å². The second kappa shape index (κ2) is 5.63. The third-order valence-corrected chi connectivity index (χ3v) is 2.90. The predicted molar refractivity (Wildman–Crippen MR) is 65.7 cm³/mol. The molecular weight excluding hydrogens is 262 g/mol. The summed E-state index contributed by atoms with van der Waals surface area (Å²) in [7, 11) is 0. The van der Waals surface area contributed by atoms with Crippen LogP contribution in [0.25, 0.3) is 11.0 Å². The molecule has 0 fully saturated rings. The van der Waals surface area contributed by atoms with Crippen LogP contribution in [-0.2, 0) is 17.2 Å². The predicted octanol–water partition coefficient (Wildman–Crippen LogP) is 3.09. The molecule has 18 heavy (non-hydrogen) atoms. The van der Waals surface area contributed by atoms with Crippen molar-refractivity contribution in [3.8, 4) is 0 Å². The van der Waals surface area contributed by atoms with Crippen molar-refractivity contribution in [1.82, 2.24) is 9.55 Å². The lowest BCUT2D eigenvalue weighted by molar-refractivity contribution is 0.139. The molecule has 0 aliphatic carbocycles. The van der Waals surface area contributed by atoms with E-state index in [1.165, 1.54) is 6.07 Å². The Morgan fingerprint density at radius 2 is 2.17 bits per heavy atom. The van der Waals surface area contributed by atoms with Gasteiger partial charge >= 0.3 is 0 Å². The molecule has 98 valence electrons. The quantitative estimate of drug-likeness (QED) is 0.619. The van der Waals surface area contributed by atoms with E-state index in [9.17, 15) is 8.78 Å². The number of nitrogens with zero attached hydrogens (tertiary/aromatic N) is 2. The van der Waals surface area contributed by atoms with Crippen LogP contribution in [0.1, 0.15) is 12.7 Å². The van der Waals surface area contributed by atoms with Crippen LogP contribution in [0.15, 0.2) is 12.1 Å². The van der Waals surface area contributed by atoms with Gasteiger partial charge in [-0.1, -0.05) is 0 Å². The maximum absolute atomic E-state index is 13.8. The number of imidazole rings is 1. The molecule has 1 aromatic heterocycles. The monoisotopic (exact) mass is 274 g/mol. The van der Waals surface area contributed by atoms with E-state index in [1.807, 2.05) is 6.92 Å². The third kappa shape index (κ3) is 2.33. The molecule has 2 aromatic rings.